The molecule has 1 heterocycles. The van der Waals surface area contributed by atoms with Crippen molar-refractivity contribution >= 4 is 5.69 Å². The molecule has 146 valence electrons. The van der Waals surface area contributed by atoms with Gasteiger partial charge in [-0.3, -0.25) is 19.2 Å². The van der Waals surface area contributed by atoms with Gasteiger partial charge in [-0.1, -0.05) is 6.07 Å². The standard InChI is InChI=1S/C19H18FN3O5/c1-13-10-21(11-17(24)12-28-18-7-5-14(20)6-8-18)19(25)22(13)15-3-2-4-16(9-15)23(26)27/h2-10,17,24H,11-12H2,1H3/t17-/m1/s1. The van der Waals surface area contributed by atoms with Crippen molar-refractivity contribution in [1.29, 1.82) is 0 Å². The molecule has 0 radical (unpaired) electrons. The molecule has 0 aliphatic carbocycles. The number of hydrogen-bond acceptors (Lipinski definition) is 5. The average molecular weight is 387 g/mol. The summed E-state index contributed by atoms with van der Waals surface area (Å²) in [5, 5.41) is 21.1. The van der Waals surface area contributed by atoms with E-state index in [4.69, 9.17) is 4.74 Å². The molecule has 3 aromatic rings. The lowest BCUT2D eigenvalue weighted by molar-refractivity contribution is -0.384. The number of aromatic nitrogens is 2. The Balaban J connectivity index is 1.74. The number of hydrogen-bond donors (Lipinski definition) is 1. The third-order valence-electron chi connectivity index (χ3n) is 4.09. The summed E-state index contributed by atoms with van der Waals surface area (Å²) < 4.78 is 20.9. The molecule has 0 fully saturated rings. The number of benzene rings is 2. The first-order valence-corrected chi connectivity index (χ1v) is 8.45. The van der Waals surface area contributed by atoms with E-state index in [-0.39, 0.29) is 18.8 Å². The second-order valence-corrected chi connectivity index (χ2v) is 6.24. The first-order chi connectivity index (χ1) is 13.3. The first kappa shape index (κ1) is 19.3. The maximum absolute atomic E-state index is 12.9. The van der Waals surface area contributed by atoms with Gasteiger partial charge >= 0.3 is 5.69 Å². The summed E-state index contributed by atoms with van der Waals surface area (Å²) in [5.41, 5.74) is 0.382. The topological polar surface area (TPSA) is 99.5 Å². The van der Waals surface area contributed by atoms with E-state index in [0.29, 0.717) is 17.1 Å². The van der Waals surface area contributed by atoms with E-state index < -0.39 is 22.5 Å². The summed E-state index contributed by atoms with van der Waals surface area (Å²) in [5.74, 6) is 0.00978. The van der Waals surface area contributed by atoms with E-state index in [1.165, 1.54) is 51.6 Å². The summed E-state index contributed by atoms with van der Waals surface area (Å²) in [4.78, 5) is 23.1. The highest BCUT2D eigenvalue weighted by Gasteiger charge is 2.16. The van der Waals surface area contributed by atoms with Gasteiger partial charge in [0, 0.05) is 24.0 Å². The molecule has 0 saturated heterocycles. The van der Waals surface area contributed by atoms with Gasteiger partial charge in [0.1, 0.15) is 24.3 Å². The number of nitrogens with zero attached hydrogens (tertiary/aromatic N) is 3. The van der Waals surface area contributed by atoms with Gasteiger partial charge in [0.2, 0.25) is 0 Å². The summed E-state index contributed by atoms with van der Waals surface area (Å²) in [6.45, 7) is 1.58. The number of ether oxygens (including phenoxy) is 1. The molecule has 1 aromatic heterocycles. The summed E-state index contributed by atoms with van der Waals surface area (Å²) in [6.07, 6.45) is 0.575. The maximum Gasteiger partial charge on any atom is 0.333 e. The quantitative estimate of drug-likeness (QED) is 0.496. The summed E-state index contributed by atoms with van der Waals surface area (Å²) >= 11 is 0. The molecular formula is C19H18FN3O5. The molecule has 0 aliphatic heterocycles. The van der Waals surface area contributed by atoms with Gasteiger partial charge in [-0.05, 0) is 37.3 Å². The Bertz CT molecular complexity index is 1040. The van der Waals surface area contributed by atoms with Crippen LogP contribution in [0.2, 0.25) is 0 Å². The summed E-state index contributed by atoms with van der Waals surface area (Å²) in [7, 11) is 0. The molecule has 0 saturated carbocycles. The predicted molar refractivity (Wildman–Crippen MR) is 99.3 cm³/mol. The fourth-order valence-corrected chi connectivity index (χ4v) is 2.81. The second-order valence-electron chi connectivity index (χ2n) is 6.24. The number of rotatable bonds is 7. The van der Waals surface area contributed by atoms with Crippen LogP contribution in [0.4, 0.5) is 10.1 Å². The highest BCUT2D eigenvalue weighted by atomic mass is 19.1. The van der Waals surface area contributed by atoms with Gasteiger partial charge < -0.3 is 9.84 Å². The molecule has 2 aromatic carbocycles. The van der Waals surface area contributed by atoms with Gasteiger partial charge in [-0.2, -0.15) is 0 Å². The van der Waals surface area contributed by atoms with Crippen LogP contribution in [0.25, 0.3) is 5.69 Å². The first-order valence-electron chi connectivity index (χ1n) is 8.45. The Labute approximate surface area is 159 Å². The highest BCUT2D eigenvalue weighted by Crippen LogP contribution is 2.17. The number of nitro benzene ring substituents is 1. The Kier molecular flexibility index (Phi) is 5.55. The van der Waals surface area contributed by atoms with E-state index >= 15 is 0 Å². The van der Waals surface area contributed by atoms with Gasteiger partial charge in [0.25, 0.3) is 5.69 Å². The second kappa shape index (κ2) is 8.05. The summed E-state index contributed by atoms with van der Waals surface area (Å²) in [6, 6.07) is 11.1. The van der Waals surface area contributed by atoms with Crippen LogP contribution in [0.1, 0.15) is 5.69 Å². The predicted octanol–water partition coefficient (Wildman–Crippen LogP) is 2.43. The molecular weight excluding hydrogens is 369 g/mol. The minimum absolute atomic E-state index is 0.0250. The number of imidazole rings is 1. The molecule has 0 bridgehead atoms. The van der Waals surface area contributed by atoms with Gasteiger partial charge in [-0.25, -0.2) is 9.18 Å². The molecule has 0 spiro atoms. The average Bonchev–Trinajstić information content (AvgIpc) is 2.94. The largest absolute Gasteiger partial charge is 0.491 e. The highest BCUT2D eigenvalue weighted by molar-refractivity contribution is 5.44. The van der Waals surface area contributed by atoms with Crippen molar-refractivity contribution in [3.05, 3.63) is 86.8 Å². The van der Waals surface area contributed by atoms with Crippen molar-refractivity contribution < 1.29 is 19.2 Å². The lowest BCUT2D eigenvalue weighted by Crippen LogP contribution is -2.31. The van der Waals surface area contributed by atoms with Crippen LogP contribution in [-0.2, 0) is 6.54 Å². The number of aryl methyl sites for hydroxylation is 1. The normalized spacial score (nSPS) is 12.0. The van der Waals surface area contributed by atoms with Crippen LogP contribution in [-0.4, -0.2) is 31.9 Å². The van der Waals surface area contributed by atoms with E-state index in [0.717, 1.165) is 0 Å². The molecule has 1 atom stereocenters. The van der Waals surface area contributed by atoms with Gasteiger partial charge in [0.15, 0.2) is 0 Å². The Hall–Kier alpha value is -3.46. The van der Waals surface area contributed by atoms with Crippen molar-refractivity contribution in [3.63, 3.8) is 0 Å². The van der Waals surface area contributed by atoms with E-state index in [9.17, 15) is 24.4 Å². The minimum atomic E-state index is -0.983. The van der Waals surface area contributed by atoms with Crippen LogP contribution in [0.5, 0.6) is 5.75 Å². The van der Waals surface area contributed by atoms with Crippen molar-refractivity contribution in [2.45, 2.75) is 19.6 Å². The number of halogens is 1. The molecule has 9 heteroatoms. The molecule has 0 aliphatic rings. The fraction of sp³-hybridized carbons (Fsp3) is 0.211. The Morgan fingerprint density at radius 3 is 2.64 bits per heavy atom. The van der Waals surface area contributed by atoms with Gasteiger partial charge in [0.05, 0.1) is 17.2 Å². The molecule has 0 unspecified atom stereocenters. The molecule has 1 N–H and O–H groups in total. The maximum atomic E-state index is 12.9. The zero-order valence-electron chi connectivity index (χ0n) is 15.0. The third kappa shape index (κ3) is 4.26. The zero-order chi connectivity index (χ0) is 20.3. The lowest BCUT2D eigenvalue weighted by Gasteiger charge is -2.12. The van der Waals surface area contributed by atoms with Crippen LogP contribution in [0.15, 0.2) is 59.5 Å². The monoisotopic (exact) mass is 387 g/mol. The van der Waals surface area contributed by atoms with Gasteiger partial charge in [-0.15, -0.1) is 0 Å². The van der Waals surface area contributed by atoms with Crippen LogP contribution >= 0.6 is 0 Å². The van der Waals surface area contributed by atoms with E-state index in [1.54, 1.807) is 19.2 Å². The van der Waals surface area contributed by atoms with Crippen LogP contribution < -0.4 is 10.4 Å². The van der Waals surface area contributed by atoms with E-state index in [2.05, 4.69) is 0 Å². The van der Waals surface area contributed by atoms with Crippen LogP contribution in [0, 0.1) is 22.9 Å². The zero-order valence-corrected chi connectivity index (χ0v) is 15.0. The van der Waals surface area contributed by atoms with Crippen molar-refractivity contribution in [3.8, 4) is 11.4 Å². The molecule has 3 rings (SSSR count). The number of aliphatic hydroxyl groups excluding tert-OH is 1. The third-order valence-corrected chi connectivity index (χ3v) is 4.09. The fourth-order valence-electron chi connectivity index (χ4n) is 2.81. The smallest absolute Gasteiger partial charge is 0.333 e. The lowest BCUT2D eigenvalue weighted by atomic mass is 10.3. The SMILES string of the molecule is Cc1cn(C[C@@H](O)COc2ccc(F)cc2)c(=O)n1-c1cccc([N+](=O)[O-])c1. The number of nitro groups is 1. The molecule has 8 nitrogen and oxygen atoms in total. The van der Waals surface area contributed by atoms with Crippen LogP contribution in [0.3, 0.4) is 0 Å². The Morgan fingerprint density at radius 2 is 1.96 bits per heavy atom. The Morgan fingerprint density at radius 1 is 1.25 bits per heavy atom. The van der Waals surface area contributed by atoms with Crippen molar-refractivity contribution in [2.75, 3.05) is 6.61 Å². The minimum Gasteiger partial charge on any atom is -0.491 e. The molecule has 0 amide bonds. The molecule has 28 heavy (non-hydrogen) atoms. The number of non-ortho nitro benzene ring substituents is 1. The van der Waals surface area contributed by atoms with Crippen molar-refractivity contribution in [2.24, 2.45) is 0 Å². The van der Waals surface area contributed by atoms with E-state index in [1.807, 2.05) is 0 Å². The van der Waals surface area contributed by atoms with Crippen molar-refractivity contribution in [1.82, 2.24) is 9.13 Å². The number of aliphatic hydroxyl groups is 1.